The summed E-state index contributed by atoms with van der Waals surface area (Å²) in [4.78, 5) is 2.36. The summed E-state index contributed by atoms with van der Waals surface area (Å²) in [6.45, 7) is 4.18. The number of aliphatic hydroxyl groups is 1. The largest absolute Gasteiger partial charge is 0.394 e. The third-order valence-electron chi connectivity index (χ3n) is 3.92. The Morgan fingerprint density at radius 2 is 1.79 bits per heavy atom. The highest BCUT2D eigenvalue weighted by atomic mass is 16.3. The maximum absolute atomic E-state index is 9.74. The molecule has 3 heteroatoms. The molecule has 1 heterocycles. The molecule has 1 fully saturated rings. The zero-order valence-corrected chi connectivity index (χ0v) is 11.0. The summed E-state index contributed by atoms with van der Waals surface area (Å²) >= 11 is 0. The van der Waals surface area contributed by atoms with Crippen molar-refractivity contribution >= 4 is 10.8 Å². The Labute approximate surface area is 113 Å². The second-order valence-electron chi connectivity index (χ2n) is 5.09. The van der Waals surface area contributed by atoms with Crippen molar-refractivity contribution in [2.75, 3.05) is 32.8 Å². The van der Waals surface area contributed by atoms with E-state index in [2.05, 4.69) is 52.7 Å². The molecule has 0 aliphatic carbocycles. The van der Waals surface area contributed by atoms with Crippen LogP contribution in [-0.2, 0) is 0 Å². The van der Waals surface area contributed by atoms with E-state index in [0.29, 0.717) is 0 Å². The van der Waals surface area contributed by atoms with Crippen molar-refractivity contribution in [2.45, 2.75) is 6.04 Å². The summed E-state index contributed by atoms with van der Waals surface area (Å²) in [7, 11) is 0. The van der Waals surface area contributed by atoms with E-state index >= 15 is 0 Å². The first-order chi connectivity index (χ1) is 9.38. The normalized spacial score (nSPS) is 18.6. The SMILES string of the molecule is OC[C@H](c1ccc2ccccc2c1)N1CCNCC1. The molecule has 3 rings (SSSR count). The van der Waals surface area contributed by atoms with Crippen LogP contribution in [0, 0.1) is 0 Å². The summed E-state index contributed by atoms with van der Waals surface area (Å²) < 4.78 is 0. The van der Waals surface area contributed by atoms with Gasteiger partial charge in [0.05, 0.1) is 12.6 Å². The van der Waals surface area contributed by atoms with E-state index in [1.54, 1.807) is 0 Å². The Bertz CT molecular complexity index is 549. The minimum absolute atomic E-state index is 0.117. The van der Waals surface area contributed by atoms with E-state index in [-0.39, 0.29) is 12.6 Å². The lowest BCUT2D eigenvalue weighted by Gasteiger charge is -2.34. The van der Waals surface area contributed by atoms with Crippen LogP contribution in [0.5, 0.6) is 0 Å². The van der Waals surface area contributed by atoms with Gasteiger partial charge in [0.15, 0.2) is 0 Å². The minimum atomic E-state index is 0.117. The molecule has 19 heavy (non-hydrogen) atoms. The Kier molecular flexibility index (Phi) is 3.78. The standard InChI is InChI=1S/C16H20N2O/c19-12-16(18-9-7-17-8-10-18)15-6-5-13-3-1-2-4-14(13)11-15/h1-6,11,16-17,19H,7-10,12H2/t16-/m1/s1. The molecule has 1 aliphatic rings. The van der Waals surface area contributed by atoms with Gasteiger partial charge < -0.3 is 10.4 Å². The predicted octanol–water partition coefficient (Wildman–Crippen LogP) is 1.78. The van der Waals surface area contributed by atoms with Crippen LogP contribution in [0.2, 0.25) is 0 Å². The van der Waals surface area contributed by atoms with Crippen LogP contribution >= 0.6 is 0 Å². The highest BCUT2D eigenvalue weighted by Gasteiger charge is 2.21. The average Bonchev–Trinajstić information content (AvgIpc) is 2.49. The molecule has 2 aromatic rings. The highest BCUT2D eigenvalue weighted by Crippen LogP contribution is 2.24. The van der Waals surface area contributed by atoms with Gasteiger partial charge in [0.2, 0.25) is 0 Å². The fourth-order valence-electron chi connectivity index (χ4n) is 2.84. The van der Waals surface area contributed by atoms with Crippen LogP contribution < -0.4 is 5.32 Å². The summed E-state index contributed by atoms with van der Waals surface area (Å²) in [6, 6.07) is 15.0. The molecule has 0 spiro atoms. The number of piperazine rings is 1. The molecule has 2 aromatic carbocycles. The van der Waals surface area contributed by atoms with Crippen LogP contribution in [0.25, 0.3) is 10.8 Å². The molecule has 0 radical (unpaired) electrons. The van der Waals surface area contributed by atoms with E-state index in [0.717, 1.165) is 26.2 Å². The van der Waals surface area contributed by atoms with Gasteiger partial charge in [-0.3, -0.25) is 4.90 Å². The number of nitrogens with zero attached hydrogens (tertiary/aromatic N) is 1. The topological polar surface area (TPSA) is 35.5 Å². The zero-order chi connectivity index (χ0) is 13.1. The quantitative estimate of drug-likeness (QED) is 0.878. The molecule has 100 valence electrons. The van der Waals surface area contributed by atoms with Crippen molar-refractivity contribution in [3.63, 3.8) is 0 Å². The predicted molar refractivity (Wildman–Crippen MR) is 78.2 cm³/mol. The number of nitrogens with one attached hydrogen (secondary N) is 1. The lowest BCUT2D eigenvalue weighted by molar-refractivity contribution is 0.111. The fraction of sp³-hybridized carbons (Fsp3) is 0.375. The van der Waals surface area contributed by atoms with E-state index in [1.807, 2.05) is 0 Å². The van der Waals surface area contributed by atoms with Crippen LogP contribution in [0.15, 0.2) is 42.5 Å². The molecular formula is C16H20N2O. The third kappa shape index (κ3) is 2.63. The summed E-state index contributed by atoms with van der Waals surface area (Å²) in [5.74, 6) is 0. The van der Waals surface area contributed by atoms with Crippen molar-refractivity contribution < 1.29 is 5.11 Å². The summed E-state index contributed by atoms with van der Waals surface area (Å²) in [5.41, 5.74) is 1.21. The first kappa shape index (κ1) is 12.6. The molecule has 3 nitrogen and oxygen atoms in total. The van der Waals surface area contributed by atoms with Crippen LogP contribution in [0.3, 0.4) is 0 Å². The molecular weight excluding hydrogens is 236 g/mol. The number of hydrogen-bond acceptors (Lipinski definition) is 3. The molecule has 1 atom stereocenters. The smallest absolute Gasteiger partial charge is 0.0628 e. The van der Waals surface area contributed by atoms with Gasteiger partial charge in [-0.05, 0) is 22.4 Å². The van der Waals surface area contributed by atoms with Crippen molar-refractivity contribution in [3.05, 3.63) is 48.0 Å². The molecule has 2 N–H and O–H groups in total. The summed E-state index contributed by atoms with van der Waals surface area (Å²) in [5, 5.41) is 15.6. The van der Waals surface area contributed by atoms with Crippen LogP contribution in [0.1, 0.15) is 11.6 Å². The Morgan fingerprint density at radius 1 is 1.05 bits per heavy atom. The number of benzene rings is 2. The number of aliphatic hydroxyl groups excluding tert-OH is 1. The van der Waals surface area contributed by atoms with Crippen LogP contribution in [-0.4, -0.2) is 42.8 Å². The maximum Gasteiger partial charge on any atom is 0.0628 e. The van der Waals surface area contributed by atoms with Gasteiger partial charge in [-0.25, -0.2) is 0 Å². The van der Waals surface area contributed by atoms with E-state index in [9.17, 15) is 5.11 Å². The van der Waals surface area contributed by atoms with Crippen molar-refractivity contribution in [1.29, 1.82) is 0 Å². The molecule has 1 saturated heterocycles. The molecule has 0 saturated carbocycles. The molecule has 1 aliphatic heterocycles. The number of fused-ring (bicyclic) bond motifs is 1. The maximum atomic E-state index is 9.74. The lowest BCUT2D eigenvalue weighted by atomic mass is 10.0. The van der Waals surface area contributed by atoms with Gasteiger partial charge in [0, 0.05) is 26.2 Å². The zero-order valence-electron chi connectivity index (χ0n) is 11.0. The summed E-state index contributed by atoms with van der Waals surface area (Å²) in [6.07, 6.45) is 0. The first-order valence-electron chi connectivity index (χ1n) is 6.93. The molecule has 0 unspecified atom stereocenters. The van der Waals surface area contributed by atoms with Crippen molar-refractivity contribution in [1.82, 2.24) is 10.2 Å². The van der Waals surface area contributed by atoms with E-state index in [4.69, 9.17) is 0 Å². The van der Waals surface area contributed by atoms with Gasteiger partial charge in [0.25, 0.3) is 0 Å². The average molecular weight is 256 g/mol. The number of hydrogen-bond donors (Lipinski definition) is 2. The Balaban J connectivity index is 1.91. The Morgan fingerprint density at radius 3 is 2.53 bits per heavy atom. The molecule has 0 aromatic heterocycles. The van der Waals surface area contributed by atoms with E-state index < -0.39 is 0 Å². The highest BCUT2D eigenvalue weighted by molar-refractivity contribution is 5.83. The second kappa shape index (κ2) is 5.70. The van der Waals surface area contributed by atoms with E-state index in [1.165, 1.54) is 16.3 Å². The van der Waals surface area contributed by atoms with Gasteiger partial charge in [0.1, 0.15) is 0 Å². The minimum Gasteiger partial charge on any atom is -0.394 e. The molecule has 0 bridgehead atoms. The van der Waals surface area contributed by atoms with Crippen molar-refractivity contribution in [2.24, 2.45) is 0 Å². The van der Waals surface area contributed by atoms with Gasteiger partial charge in [-0.2, -0.15) is 0 Å². The third-order valence-corrected chi connectivity index (χ3v) is 3.92. The van der Waals surface area contributed by atoms with Gasteiger partial charge >= 0.3 is 0 Å². The second-order valence-corrected chi connectivity index (χ2v) is 5.09. The first-order valence-corrected chi connectivity index (χ1v) is 6.93. The van der Waals surface area contributed by atoms with Crippen molar-refractivity contribution in [3.8, 4) is 0 Å². The monoisotopic (exact) mass is 256 g/mol. The molecule has 0 amide bonds. The lowest BCUT2D eigenvalue weighted by Crippen LogP contribution is -2.46. The van der Waals surface area contributed by atoms with Gasteiger partial charge in [-0.1, -0.05) is 36.4 Å². The fourth-order valence-corrected chi connectivity index (χ4v) is 2.84. The number of rotatable bonds is 3. The van der Waals surface area contributed by atoms with Gasteiger partial charge in [-0.15, -0.1) is 0 Å². The van der Waals surface area contributed by atoms with Crippen LogP contribution in [0.4, 0.5) is 0 Å². The Hall–Kier alpha value is -1.42.